The first-order chi connectivity index (χ1) is 23.2. The highest BCUT2D eigenvalue weighted by molar-refractivity contribution is 7.89. The van der Waals surface area contributed by atoms with Crippen LogP contribution in [0.3, 0.4) is 0 Å². The van der Waals surface area contributed by atoms with E-state index in [2.05, 4.69) is 4.98 Å². The van der Waals surface area contributed by atoms with Crippen LogP contribution in [0.2, 0.25) is 0 Å². The van der Waals surface area contributed by atoms with E-state index in [-0.39, 0.29) is 65.3 Å². The van der Waals surface area contributed by atoms with Crippen LogP contribution in [0.1, 0.15) is 25.0 Å². The maximum atomic E-state index is 14.1. The Morgan fingerprint density at radius 2 is 1.12 bits per heavy atom. The van der Waals surface area contributed by atoms with Gasteiger partial charge in [-0.15, -0.1) is 0 Å². The first-order valence-corrected chi connectivity index (χ1v) is 19.7. The van der Waals surface area contributed by atoms with Crippen molar-refractivity contribution < 1.29 is 40.3 Å². The summed E-state index contributed by atoms with van der Waals surface area (Å²) in [4.78, 5) is 25.2. The molecule has 0 aliphatic carbocycles. The maximum Gasteiger partial charge on any atom is 0.408 e. The molecule has 0 atom stereocenters. The largest absolute Gasteiger partial charge is 0.408 e. The molecule has 0 saturated carbocycles. The molecular formula is C29H37N6O11PS2. The van der Waals surface area contributed by atoms with Crippen LogP contribution in [0.5, 0.6) is 0 Å². The molecule has 1 aliphatic rings. The third-order valence-corrected chi connectivity index (χ3v) is 13.8. The predicted molar refractivity (Wildman–Crippen MR) is 178 cm³/mol. The molecule has 20 heteroatoms. The van der Waals surface area contributed by atoms with Gasteiger partial charge in [0, 0.05) is 63.8 Å². The monoisotopic (exact) mass is 740 g/mol. The molecule has 1 aliphatic heterocycles. The lowest BCUT2D eigenvalue weighted by atomic mass is 10.1. The number of fused-ring (bicyclic) bond motifs is 2. The second kappa shape index (κ2) is 16.4. The van der Waals surface area contributed by atoms with Crippen molar-refractivity contribution in [3.8, 4) is 0 Å². The van der Waals surface area contributed by atoms with E-state index in [1.165, 1.54) is 41.3 Å². The number of nitro benzene ring substituents is 2. The van der Waals surface area contributed by atoms with Gasteiger partial charge in [-0.1, -0.05) is 30.3 Å². The van der Waals surface area contributed by atoms with Crippen LogP contribution in [0.25, 0.3) is 0 Å². The number of para-hydroxylation sites is 2. The van der Waals surface area contributed by atoms with Crippen LogP contribution < -0.4 is 0 Å². The number of hydrogen-bond donors (Lipinski definition) is 0. The van der Waals surface area contributed by atoms with Gasteiger partial charge >= 0.3 is 7.75 Å². The van der Waals surface area contributed by atoms with E-state index in [1.54, 1.807) is 19.9 Å². The number of aromatic nitrogens is 1. The molecule has 49 heavy (non-hydrogen) atoms. The topological polar surface area (TPSA) is 213 Å². The van der Waals surface area contributed by atoms with Crippen molar-refractivity contribution in [1.82, 2.24) is 18.3 Å². The molecule has 0 fully saturated rings. The molecular weight excluding hydrogens is 703 g/mol. The van der Waals surface area contributed by atoms with Crippen LogP contribution in [0, 0.1) is 20.2 Å². The van der Waals surface area contributed by atoms with Gasteiger partial charge in [-0.2, -0.15) is 8.61 Å². The molecule has 2 aromatic carbocycles. The Bertz CT molecular complexity index is 1800. The lowest BCUT2D eigenvalue weighted by Gasteiger charge is -2.33. The molecule has 17 nitrogen and oxygen atoms in total. The van der Waals surface area contributed by atoms with Crippen LogP contribution in [-0.2, 0) is 46.5 Å². The Labute approximate surface area is 284 Å². The first kappa shape index (κ1) is 38.1. The van der Waals surface area contributed by atoms with Gasteiger partial charge in [0.15, 0.2) is 9.79 Å². The molecule has 4 rings (SSSR count). The quantitative estimate of drug-likeness (QED) is 0.155. The summed E-state index contributed by atoms with van der Waals surface area (Å²) in [7, 11) is -13.2. The van der Waals surface area contributed by atoms with Gasteiger partial charge in [0.25, 0.3) is 11.4 Å². The molecule has 0 saturated heterocycles. The number of nitrogens with zero attached hydrogens (tertiary/aromatic N) is 6. The average molecular weight is 741 g/mol. The van der Waals surface area contributed by atoms with E-state index in [0.29, 0.717) is 11.1 Å². The van der Waals surface area contributed by atoms with Crippen LogP contribution in [-0.4, -0.2) is 97.4 Å². The Kier molecular flexibility index (Phi) is 12.7. The third kappa shape index (κ3) is 8.92. The van der Waals surface area contributed by atoms with Gasteiger partial charge in [-0.25, -0.2) is 26.1 Å². The van der Waals surface area contributed by atoms with Crippen molar-refractivity contribution in [2.75, 3.05) is 52.5 Å². The predicted octanol–water partition coefficient (Wildman–Crippen LogP) is 3.86. The molecule has 0 spiro atoms. The summed E-state index contributed by atoms with van der Waals surface area (Å²) in [5.74, 6) is 0. The standard InChI is InChI=1S/C29H37N6O11PS2/c1-3-45-47(40,46-4-2)31-17-19-32(48(41,42)28-11-7-5-9-26(28)34(36)37)15-13-24-21-25(23-30-22-24)14-16-33(20-18-31)49(43,44)29-12-8-6-10-27(29)35(38)39/h5-12,21-23H,3-4,13-20H2,1-2H3. The summed E-state index contributed by atoms with van der Waals surface area (Å²) < 4.78 is 84.6. The second-order valence-electron chi connectivity index (χ2n) is 10.7. The lowest BCUT2D eigenvalue weighted by Crippen LogP contribution is -2.43. The van der Waals surface area contributed by atoms with Gasteiger partial charge in [-0.3, -0.25) is 34.3 Å². The van der Waals surface area contributed by atoms with Crippen molar-refractivity contribution in [3.05, 3.63) is 98.3 Å². The minimum atomic E-state index is -4.51. The SMILES string of the molecule is CCOP(=O)(OCC)N1CCN(S(=O)(=O)c2ccccc2[N+](=O)[O-])CCc2cncc(c2)CCN(S(=O)(=O)c2ccccc2[N+](=O)[O-])CC1. The van der Waals surface area contributed by atoms with Crippen molar-refractivity contribution in [2.24, 2.45) is 0 Å². The zero-order chi connectivity index (χ0) is 35.8. The fourth-order valence-electron chi connectivity index (χ4n) is 5.29. The van der Waals surface area contributed by atoms with Gasteiger partial charge in [0.2, 0.25) is 20.0 Å². The highest BCUT2D eigenvalue weighted by Gasteiger charge is 2.38. The minimum Gasteiger partial charge on any atom is -0.297 e. The number of hydrogen-bond acceptors (Lipinski definition) is 12. The van der Waals surface area contributed by atoms with E-state index in [1.807, 2.05) is 0 Å². The fraction of sp³-hybridized carbons (Fsp3) is 0.414. The third-order valence-electron chi connectivity index (χ3n) is 7.66. The van der Waals surface area contributed by atoms with Crippen molar-refractivity contribution >= 4 is 39.2 Å². The maximum absolute atomic E-state index is 14.1. The van der Waals surface area contributed by atoms with Gasteiger partial charge < -0.3 is 0 Å². The summed E-state index contributed by atoms with van der Waals surface area (Å²) >= 11 is 0. The van der Waals surface area contributed by atoms with Gasteiger partial charge in [0.05, 0.1) is 23.1 Å². The Hall–Kier alpha value is -3.68. The fourth-order valence-corrected chi connectivity index (χ4v) is 10.2. The zero-order valence-corrected chi connectivity index (χ0v) is 29.4. The Morgan fingerprint density at radius 1 is 0.714 bits per heavy atom. The van der Waals surface area contributed by atoms with Crippen molar-refractivity contribution in [2.45, 2.75) is 36.5 Å². The lowest BCUT2D eigenvalue weighted by molar-refractivity contribution is -0.388. The molecule has 0 N–H and O–H groups in total. The van der Waals surface area contributed by atoms with E-state index >= 15 is 0 Å². The molecule has 0 amide bonds. The smallest absolute Gasteiger partial charge is 0.297 e. The highest BCUT2D eigenvalue weighted by Crippen LogP contribution is 2.51. The van der Waals surface area contributed by atoms with Crippen LogP contribution >= 0.6 is 7.75 Å². The number of sulfonamides is 2. The highest BCUT2D eigenvalue weighted by atomic mass is 32.2. The Balaban J connectivity index is 1.82. The summed E-state index contributed by atoms with van der Waals surface area (Å²) in [5.41, 5.74) is -0.0201. The summed E-state index contributed by atoms with van der Waals surface area (Å²) in [5, 5.41) is 23.6. The molecule has 2 heterocycles. The van der Waals surface area contributed by atoms with Gasteiger partial charge in [0.1, 0.15) is 0 Å². The average Bonchev–Trinajstić information content (AvgIpc) is 3.06. The summed E-state index contributed by atoms with van der Waals surface area (Å²) in [6.45, 7) is 1.49. The van der Waals surface area contributed by atoms with E-state index < -0.39 is 58.8 Å². The zero-order valence-electron chi connectivity index (χ0n) is 26.9. The van der Waals surface area contributed by atoms with Crippen LogP contribution in [0.15, 0.2) is 76.8 Å². The molecule has 0 radical (unpaired) electrons. The first-order valence-electron chi connectivity index (χ1n) is 15.3. The molecule has 0 unspecified atom stereocenters. The van der Waals surface area contributed by atoms with E-state index in [4.69, 9.17) is 9.05 Å². The van der Waals surface area contributed by atoms with Crippen molar-refractivity contribution in [3.63, 3.8) is 0 Å². The summed E-state index contributed by atoms with van der Waals surface area (Å²) in [6.07, 6.45) is 3.32. The van der Waals surface area contributed by atoms with Gasteiger partial charge in [-0.05, 0) is 49.9 Å². The minimum absolute atomic E-state index is 0.0636. The summed E-state index contributed by atoms with van der Waals surface area (Å²) in [6, 6.07) is 11.6. The molecule has 1 aromatic heterocycles. The number of pyridine rings is 1. The molecule has 3 aromatic rings. The number of rotatable bonds is 11. The van der Waals surface area contributed by atoms with Crippen molar-refractivity contribution in [1.29, 1.82) is 0 Å². The second-order valence-corrected chi connectivity index (χ2v) is 16.5. The van der Waals surface area contributed by atoms with Crippen LogP contribution in [0.4, 0.5) is 11.4 Å². The Morgan fingerprint density at radius 3 is 1.51 bits per heavy atom. The number of benzene rings is 2. The molecule has 2 bridgehead atoms. The normalized spacial score (nSPS) is 16.5. The number of nitro groups is 2. The van der Waals surface area contributed by atoms with E-state index in [9.17, 15) is 41.6 Å². The van der Waals surface area contributed by atoms with E-state index in [0.717, 1.165) is 32.9 Å². The molecule has 266 valence electrons.